The van der Waals surface area contributed by atoms with Crippen LogP contribution >= 0.6 is 11.3 Å². The van der Waals surface area contributed by atoms with Crippen LogP contribution in [0.25, 0.3) is 97.0 Å². The van der Waals surface area contributed by atoms with Gasteiger partial charge in [0.15, 0.2) is 0 Å². The molecule has 0 bridgehead atoms. The summed E-state index contributed by atoms with van der Waals surface area (Å²) in [4.78, 5) is 1.28. The minimum atomic E-state index is 0.924. The fourth-order valence-electron chi connectivity index (χ4n) is 7.42. The highest BCUT2D eigenvalue weighted by atomic mass is 32.1. The molecule has 8 aromatic carbocycles. The van der Waals surface area contributed by atoms with Gasteiger partial charge in [-0.05, 0) is 72.6 Å². The first-order valence-corrected chi connectivity index (χ1v) is 16.5. The highest BCUT2D eigenvalue weighted by Crippen LogP contribution is 2.48. The zero-order valence-corrected chi connectivity index (χ0v) is 25.6. The van der Waals surface area contributed by atoms with E-state index in [1.807, 2.05) is 11.3 Å². The standard InChI is InChI=1S/C44H26OS/c1-2-13-28(14-3-1)40-25-29-24-39-38(26-41(29)46-40)36-22-11-23-37(44(36)45-39)43-34-19-8-6-17-32(34)42(33-18-7-9-20-35(33)43)31-21-10-15-27-12-4-5-16-30(27)31/h1-26H. The van der Waals surface area contributed by atoms with E-state index in [-0.39, 0.29) is 0 Å². The highest BCUT2D eigenvalue weighted by Gasteiger charge is 2.21. The number of thiophene rings is 1. The topological polar surface area (TPSA) is 13.1 Å². The molecule has 2 aromatic heterocycles. The number of furan rings is 1. The van der Waals surface area contributed by atoms with Gasteiger partial charge in [0, 0.05) is 31.5 Å². The van der Waals surface area contributed by atoms with Crippen LogP contribution in [-0.2, 0) is 0 Å². The maximum absolute atomic E-state index is 6.84. The van der Waals surface area contributed by atoms with Crippen molar-refractivity contribution in [2.45, 2.75) is 0 Å². The first-order chi connectivity index (χ1) is 22.8. The monoisotopic (exact) mass is 602 g/mol. The number of rotatable bonds is 3. The SMILES string of the molecule is c1ccc(-c2cc3cc4oc5c(-c6c7ccccc7c(-c7cccc8ccccc78)c7ccccc67)cccc5c4cc3s2)cc1. The Kier molecular flexibility index (Phi) is 5.51. The molecule has 2 heteroatoms. The quantitative estimate of drug-likeness (QED) is 0.183. The lowest BCUT2D eigenvalue weighted by Crippen LogP contribution is -1.91. The van der Waals surface area contributed by atoms with Crippen molar-refractivity contribution in [3.63, 3.8) is 0 Å². The fraction of sp³-hybridized carbons (Fsp3) is 0. The highest BCUT2D eigenvalue weighted by molar-refractivity contribution is 7.22. The first kappa shape index (κ1) is 25.6. The second-order valence-electron chi connectivity index (χ2n) is 12.0. The van der Waals surface area contributed by atoms with Crippen molar-refractivity contribution in [2.75, 3.05) is 0 Å². The zero-order chi connectivity index (χ0) is 30.2. The summed E-state index contributed by atoms with van der Waals surface area (Å²) in [5.74, 6) is 0. The van der Waals surface area contributed by atoms with Gasteiger partial charge in [-0.25, -0.2) is 0 Å². The zero-order valence-electron chi connectivity index (χ0n) is 24.8. The molecule has 1 nitrogen and oxygen atoms in total. The minimum absolute atomic E-state index is 0.924. The van der Waals surface area contributed by atoms with E-state index >= 15 is 0 Å². The number of para-hydroxylation sites is 1. The molecule has 0 saturated heterocycles. The van der Waals surface area contributed by atoms with Gasteiger partial charge in [-0.3, -0.25) is 0 Å². The molecule has 10 rings (SSSR count). The number of hydrogen-bond acceptors (Lipinski definition) is 2. The molecule has 0 N–H and O–H groups in total. The summed E-state index contributed by atoms with van der Waals surface area (Å²) in [6, 6.07) is 57.1. The van der Waals surface area contributed by atoms with Gasteiger partial charge in [-0.2, -0.15) is 0 Å². The molecule has 0 radical (unpaired) electrons. The summed E-state index contributed by atoms with van der Waals surface area (Å²) in [6.07, 6.45) is 0. The first-order valence-electron chi connectivity index (χ1n) is 15.7. The van der Waals surface area contributed by atoms with Gasteiger partial charge in [0.2, 0.25) is 0 Å². The van der Waals surface area contributed by atoms with Crippen molar-refractivity contribution in [1.82, 2.24) is 0 Å². The van der Waals surface area contributed by atoms with Crippen LogP contribution in [-0.4, -0.2) is 0 Å². The molecule has 0 unspecified atom stereocenters. The number of fused-ring (bicyclic) bond motifs is 7. The van der Waals surface area contributed by atoms with Gasteiger partial charge >= 0.3 is 0 Å². The van der Waals surface area contributed by atoms with Crippen LogP contribution in [0.1, 0.15) is 0 Å². The molecule has 10 aromatic rings. The largest absolute Gasteiger partial charge is 0.455 e. The molecule has 2 heterocycles. The Morgan fingerprint density at radius 3 is 1.70 bits per heavy atom. The molecule has 0 atom stereocenters. The Balaban J connectivity index is 1.26. The van der Waals surface area contributed by atoms with Crippen LogP contribution in [0.4, 0.5) is 0 Å². The van der Waals surface area contributed by atoms with Crippen molar-refractivity contribution in [2.24, 2.45) is 0 Å². The van der Waals surface area contributed by atoms with Crippen LogP contribution in [0.3, 0.4) is 0 Å². The molecule has 0 aliphatic carbocycles. The smallest absolute Gasteiger partial charge is 0.143 e. The number of hydrogen-bond donors (Lipinski definition) is 0. The third-order valence-corrected chi connectivity index (χ3v) is 10.6. The average molecular weight is 603 g/mol. The Bertz CT molecular complexity index is 2740. The summed E-state index contributed by atoms with van der Waals surface area (Å²) >= 11 is 1.84. The Labute approximate surface area is 269 Å². The maximum Gasteiger partial charge on any atom is 0.143 e. The lowest BCUT2D eigenvalue weighted by Gasteiger charge is -2.18. The summed E-state index contributed by atoms with van der Waals surface area (Å²) < 4.78 is 8.11. The van der Waals surface area contributed by atoms with E-state index in [4.69, 9.17) is 4.42 Å². The van der Waals surface area contributed by atoms with Gasteiger partial charge < -0.3 is 4.42 Å². The van der Waals surface area contributed by atoms with Gasteiger partial charge in [0.25, 0.3) is 0 Å². The molecule has 0 fully saturated rings. The normalized spacial score (nSPS) is 11.9. The molecular weight excluding hydrogens is 577 g/mol. The Morgan fingerprint density at radius 1 is 0.391 bits per heavy atom. The second-order valence-corrected chi connectivity index (χ2v) is 13.1. The summed E-state index contributed by atoms with van der Waals surface area (Å²) in [7, 11) is 0. The van der Waals surface area contributed by atoms with E-state index < -0.39 is 0 Å². The van der Waals surface area contributed by atoms with E-state index in [0.29, 0.717) is 0 Å². The lowest BCUT2D eigenvalue weighted by atomic mass is 9.84. The van der Waals surface area contributed by atoms with E-state index in [2.05, 4.69) is 158 Å². The molecule has 0 aliphatic heterocycles. The molecule has 0 aliphatic rings. The molecule has 214 valence electrons. The van der Waals surface area contributed by atoms with Crippen molar-refractivity contribution < 1.29 is 4.42 Å². The van der Waals surface area contributed by atoms with Gasteiger partial charge in [-0.1, -0.05) is 140 Å². The third-order valence-electron chi connectivity index (χ3n) is 9.45. The third kappa shape index (κ3) is 3.74. The minimum Gasteiger partial charge on any atom is -0.455 e. The van der Waals surface area contributed by atoms with Crippen molar-refractivity contribution in [3.8, 4) is 32.7 Å². The van der Waals surface area contributed by atoms with Crippen molar-refractivity contribution in [1.29, 1.82) is 0 Å². The van der Waals surface area contributed by atoms with E-state index in [0.717, 1.165) is 27.5 Å². The molecule has 0 amide bonds. The Morgan fingerprint density at radius 2 is 0.957 bits per heavy atom. The van der Waals surface area contributed by atoms with E-state index in [1.165, 1.54) is 69.5 Å². The maximum atomic E-state index is 6.84. The van der Waals surface area contributed by atoms with Gasteiger partial charge in [0.1, 0.15) is 11.2 Å². The summed E-state index contributed by atoms with van der Waals surface area (Å²) in [5, 5.41) is 11.0. The van der Waals surface area contributed by atoms with Crippen LogP contribution in [0.5, 0.6) is 0 Å². The lowest BCUT2D eigenvalue weighted by molar-refractivity contribution is 0.670. The number of benzene rings is 8. The molecule has 0 spiro atoms. The molecular formula is C44H26OS. The summed E-state index contributed by atoms with van der Waals surface area (Å²) in [6.45, 7) is 0. The Hall–Kier alpha value is -5.70. The predicted molar refractivity (Wildman–Crippen MR) is 198 cm³/mol. The molecule has 0 saturated carbocycles. The van der Waals surface area contributed by atoms with E-state index in [9.17, 15) is 0 Å². The molecule has 46 heavy (non-hydrogen) atoms. The van der Waals surface area contributed by atoms with Crippen LogP contribution in [0.15, 0.2) is 162 Å². The summed E-state index contributed by atoms with van der Waals surface area (Å²) in [5.41, 5.74) is 7.98. The van der Waals surface area contributed by atoms with Gasteiger partial charge in [0.05, 0.1) is 0 Å². The fourth-order valence-corrected chi connectivity index (χ4v) is 8.51. The van der Waals surface area contributed by atoms with E-state index in [1.54, 1.807) is 0 Å². The predicted octanol–water partition coefficient (Wildman–Crippen LogP) is 13.3. The van der Waals surface area contributed by atoms with Crippen LogP contribution in [0, 0.1) is 0 Å². The van der Waals surface area contributed by atoms with Gasteiger partial charge in [-0.15, -0.1) is 11.3 Å². The average Bonchev–Trinajstić information content (AvgIpc) is 3.70. The van der Waals surface area contributed by atoms with Crippen LogP contribution in [0.2, 0.25) is 0 Å². The van der Waals surface area contributed by atoms with Crippen molar-refractivity contribution in [3.05, 3.63) is 158 Å². The van der Waals surface area contributed by atoms with Crippen molar-refractivity contribution >= 4 is 75.7 Å². The van der Waals surface area contributed by atoms with Crippen LogP contribution < -0.4 is 0 Å². The second kappa shape index (κ2) is 9.90.